The Bertz CT molecular complexity index is 122. The van der Waals surface area contributed by atoms with Crippen molar-refractivity contribution in [1.29, 1.82) is 0 Å². The maximum absolute atomic E-state index is 8.66. The molecule has 0 heterocycles. The second-order valence-corrected chi connectivity index (χ2v) is 6.26. The molecule has 0 saturated heterocycles. The lowest BCUT2D eigenvalue weighted by Gasteiger charge is -2.25. The van der Waals surface area contributed by atoms with Gasteiger partial charge in [0, 0.05) is 10.5 Å². The average Bonchev–Trinajstić information content (AvgIpc) is 2.55. The molecule has 1 rings (SSSR count). The first-order valence-corrected chi connectivity index (χ1v) is 7.06. The molecule has 3 heteroatoms. The van der Waals surface area contributed by atoms with Crippen molar-refractivity contribution in [3.8, 4) is 0 Å². The van der Waals surface area contributed by atoms with Crippen molar-refractivity contribution in [2.24, 2.45) is 0 Å². The Hall–Kier alpha value is 0.660. The van der Waals surface area contributed by atoms with Gasteiger partial charge in [-0.05, 0) is 19.3 Å². The Morgan fingerprint density at radius 1 is 1.33 bits per heavy atom. The maximum atomic E-state index is 8.66. The fraction of sp³-hybridized carbons (Fsp3) is 1.00. The van der Waals surface area contributed by atoms with Crippen molar-refractivity contribution in [2.45, 2.75) is 43.8 Å². The van der Waals surface area contributed by atoms with E-state index in [4.69, 9.17) is 5.11 Å². The van der Waals surface area contributed by atoms with Crippen molar-refractivity contribution in [1.82, 2.24) is 0 Å². The van der Waals surface area contributed by atoms with Crippen LogP contribution in [0.15, 0.2) is 0 Å². The minimum Gasteiger partial charge on any atom is -0.395 e. The fourth-order valence-corrected chi connectivity index (χ4v) is 4.78. The van der Waals surface area contributed by atoms with Crippen molar-refractivity contribution in [3.05, 3.63) is 0 Å². The third-order valence-corrected chi connectivity index (χ3v) is 6.00. The molecule has 0 bridgehead atoms. The van der Waals surface area contributed by atoms with Crippen molar-refractivity contribution < 1.29 is 5.11 Å². The number of hydrogen-bond acceptors (Lipinski definition) is 3. The van der Waals surface area contributed by atoms with Crippen LogP contribution in [0, 0.1) is 0 Å². The topological polar surface area (TPSA) is 20.2 Å². The van der Waals surface area contributed by atoms with E-state index in [1.54, 1.807) is 0 Å². The molecular weight excluding hydrogens is 188 g/mol. The molecule has 0 unspecified atom stereocenters. The average molecular weight is 206 g/mol. The lowest BCUT2D eigenvalue weighted by atomic mass is 10.0. The minimum atomic E-state index is 0.317. The van der Waals surface area contributed by atoms with E-state index < -0.39 is 0 Å². The van der Waals surface area contributed by atoms with Crippen LogP contribution in [0.4, 0.5) is 0 Å². The normalized spacial score (nSPS) is 21.5. The van der Waals surface area contributed by atoms with Gasteiger partial charge in [0.15, 0.2) is 0 Å². The molecule has 0 atom stereocenters. The van der Waals surface area contributed by atoms with Crippen molar-refractivity contribution in [3.63, 3.8) is 0 Å². The summed E-state index contributed by atoms with van der Waals surface area (Å²) in [6.07, 6.45) is 6.86. The Labute approximate surface area is 83.1 Å². The summed E-state index contributed by atoms with van der Waals surface area (Å²) < 4.78 is 0.555. The molecule has 1 nitrogen and oxygen atoms in total. The summed E-state index contributed by atoms with van der Waals surface area (Å²) in [6, 6.07) is 0. The monoisotopic (exact) mass is 206 g/mol. The van der Waals surface area contributed by atoms with Crippen LogP contribution in [0.5, 0.6) is 0 Å². The zero-order valence-corrected chi connectivity index (χ0v) is 9.35. The van der Waals surface area contributed by atoms with Crippen LogP contribution in [0.25, 0.3) is 0 Å². The molecule has 0 spiro atoms. The van der Waals surface area contributed by atoms with Crippen molar-refractivity contribution in [2.75, 3.05) is 12.4 Å². The molecule has 0 radical (unpaired) electrons. The second kappa shape index (κ2) is 5.40. The van der Waals surface area contributed by atoms with Crippen molar-refractivity contribution >= 4 is 21.6 Å². The maximum Gasteiger partial charge on any atom is 0.0530 e. The van der Waals surface area contributed by atoms with Crippen LogP contribution in [0.1, 0.15) is 39.0 Å². The Morgan fingerprint density at radius 2 is 2.00 bits per heavy atom. The molecule has 1 fully saturated rings. The van der Waals surface area contributed by atoms with Gasteiger partial charge in [0.1, 0.15) is 0 Å². The van der Waals surface area contributed by atoms with E-state index in [0.717, 1.165) is 5.75 Å². The molecule has 0 aromatic rings. The van der Waals surface area contributed by atoms with Gasteiger partial charge in [0.25, 0.3) is 0 Å². The SMILES string of the molecule is CCC1(SSCCO)CCCC1. The molecule has 0 aliphatic heterocycles. The third-order valence-electron chi connectivity index (χ3n) is 2.57. The van der Waals surface area contributed by atoms with E-state index >= 15 is 0 Å². The van der Waals surface area contributed by atoms with E-state index in [0.29, 0.717) is 11.4 Å². The summed E-state index contributed by atoms with van der Waals surface area (Å²) in [5.74, 6) is 0.881. The van der Waals surface area contributed by atoms with Gasteiger partial charge >= 0.3 is 0 Å². The molecule has 12 heavy (non-hydrogen) atoms. The molecular formula is C9H18OS2. The smallest absolute Gasteiger partial charge is 0.0530 e. The zero-order chi connectivity index (χ0) is 8.86. The lowest BCUT2D eigenvalue weighted by molar-refractivity contribution is 0.323. The second-order valence-electron chi connectivity index (χ2n) is 3.37. The molecule has 1 saturated carbocycles. The van der Waals surface area contributed by atoms with E-state index in [1.807, 2.05) is 21.6 Å². The first kappa shape index (κ1) is 10.7. The summed E-state index contributed by atoms with van der Waals surface area (Å²) in [7, 11) is 3.85. The fourth-order valence-electron chi connectivity index (χ4n) is 1.72. The van der Waals surface area contributed by atoms with E-state index in [1.165, 1.54) is 32.1 Å². The molecule has 1 aliphatic carbocycles. The quantitative estimate of drug-likeness (QED) is 0.551. The van der Waals surface area contributed by atoms with Crippen LogP contribution >= 0.6 is 21.6 Å². The van der Waals surface area contributed by atoms with Gasteiger partial charge in [0.2, 0.25) is 0 Å². The first-order chi connectivity index (χ1) is 5.83. The van der Waals surface area contributed by atoms with E-state index in [-0.39, 0.29) is 0 Å². The van der Waals surface area contributed by atoms with Gasteiger partial charge in [0.05, 0.1) is 6.61 Å². The highest BCUT2D eigenvalue weighted by atomic mass is 33.1. The molecule has 72 valence electrons. The van der Waals surface area contributed by atoms with Gasteiger partial charge in [-0.3, -0.25) is 0 Å². The molecule has 0 aromatic heterocycles. The summed E-state index contributed by atoms with van der Waals surface area (Å²) in [6.45, 7) is 2.61. The number of aliphatic hydroxyl groups is 1. The minimum absolute atomic E-state index is 0.317. The van der Waals surface area contributed by atoms with E-state index in [2.05, 4.69) is 6.92 Å². The van der Waals surface area contributed by atoms with Gasteiger partial charge in [-0.1, -0.05) is 41.4 Å². The molecule has 0 aromatic carbocycles. The number of aliphatic hydroxyl groups excluding tert-OH is 1. The highest BCUT2D eigenvalue weighted by molar-refractivity contribution is 8.77. The van der Waals surface area contributed by atoms with Gasteiger partial charge in [-0.25, -0.2) is 0 Å². The van der Waals surface area contributed by atoms with Crippen LogP contribution in [0.3, 0.4) is 0 Å². The largest absolute Gasteiger partial charge is 0.395 e. The number of hydrogen-bond donors (Lipinski definition) is 1. The summed E-state index contributed by atoms with van der Waals surface area (Å²) in [5.41, 5.74) is 0. The highest BCUT2D eigenvalue weighted by Crippen LogP contribution is 2.49. The predicted octanol–water partition coefficient (Wildman–Crippen LogP) is 3.08. The Morgan fingerprint density at radius 3 is 2.50 bits per heavy atom. The van der Waals surface area contributed by atoms with Gasteiger partial charge in [-0.15, -0.1) is 0 Å². The van der Waals surface area contributed by atoms with Crippen LogP contribution < -0.4 is 0 Å². The zero-order valence-electron chi connectivity index (χ0n) is 7.71. The van der Waals surface area contributed by atoms with Crippen LogP contribution in [0.2, 0.25) is 0 Å². The standard InChI is InChI=1S/C9H18OS2/c1-2-9(5-3-4-6-9)12-11-8-7-10/h10H,2-8H2,1H3. The third kappa shape index (κ3) is 2.86. The summed E-state index contributed by atoms with van der Waals surface area (Å²) in [5, 5.41) is 8.66. The predicted molar refractivity (Wildman–Crippen MR) is 58.6 cm³/mol. The molecule has 1 aliphatic rings. The van der Waals surface area contributed by atoms with Gasteiger partial charge < -0.3 is 5.11 Å². The first-order valence-electron chi connectivity index (χ1n) is 4.74. The number of rotatable bonds is 5. The summed E-state index contributed by atoms with van der Waals surface area (Å²) >= 11 is 0. The molecule has 0 amide bonds. The molecule has 1 N–H and O–H groups in total. The van der Waals surface area contributed by atoms with Gasteiger partial charge in [-0.2, -0.15) is 0 Å². The highest BCUT2D eigenvalue weighted by Gasteiger charge is 2.32. The van der Waals surface area contributed by atoms with Crippen LogP contribution in [-0.4, -0.2) is 22.2 Å². The lowest BCUT2D eigenvalue weighted by Crippen LogP contribution is -2.16. The van der Waals surface area contributed by atoms with Crippen LogP contribution in [-0.2, 0) is 0 Å². The summed E-state index contributed by atoms with van der Waals surface area (Å²) in [4.78, 5) is 0. The Balaban J connectivity index is 2.24. The van der Waals surface area contributed by atoms with E-state index in [9.17, 15) is 0 Å². The Kier molecular flexibility index (Phi) is 4.84.